The summed E-state index contributed by atoms with van der Waals surface area (Å²) in [6.45, 7) is 0. The van der Waals surface area contributed by atoms with E-state index in [1.54, 1.807) is 12.1 Å². The first kappa shape index (κ1) is 10.9. The van der Waals surface area contributed by atoms with Gasteiger partial charge in [-0.2, -0.15) is 5.26 Å². The molecule has 0 aromatic heterocycles. The fraction of sp³-hybridized carbons (Fsp3) is 0.111. The summed E-state index contributed by atoms with van der Waals surface area (Å²) in [6, 6.07) is 4.75. The first-order valence-corrected chi connectivity index (χ1v) is 4.63. The Labute approximate surface area is 91.3 Å². The Morgan fingerprint density at radius 2 is 2.29 bits per heavy atom. The van der Waals surface area contributed by atoms with Crippen molar-refractivity contribution in [1.29, 1.82) is 5.26 Å². The maximum atomic E-state index is 10.8. The quantitative estimate of drug-likeness (QED) is 0.602. The van der Waals surface area contributed by atoms with Crippen LogP contribution in [0.25, 0.3) is 0 Å². The average Bonchev–Trinajstić information content (AvgIpc) is 2.15. The molecule has 0 heterocycles. The topological polar surface area (TPSA) is 61.1 Å². The van der Waals surface area contributed by atoms with Crippen LogP contribution in [0.4, 0.5) is 0 Å². The predicted molar refractivity (Wildman–Crippen MR) is 54.9 cm³/mol. The molecule has 0 unspecified atom stereocenters. The van der Waals surface area contributed by atoms with Crippen LogP contribution in [0.3, 0.4) is 0 Å². The number of halogens is 1. The molecule has 1 N–H and O–H groups in total. The van der Waals surface area contributed by atoms with E-state index in [4.69, 9.17) is 22.0 Å². The monoisotopic (exact) mass is 227 g/mol. The molecule has 0 atom stereocenters. The Balaban J connectivity index is 3.50. The lowest BCUT2D eigenvalue weighted by atomic mass is 10.0. The molecular formula is C9H6ClNO2S. The number of thiol groups is 1. The molecule has 0 saturated carbocycles. The Morgan fingerprint density at radius 3 is 2.71 bits per heavy atom. The third-order valence-corrected chi connectivity index (χ3v) is 2.23. The van der Waals surface area contributed by atoms with Gasteiger partial charge in [0.1, 0.15) is 6.07 Å². The number of alkyl halides is 1. The van der Waals surface area contributed by atoms with Crippen LogP contribution in [0.5, 0.6) is 0 Å². The number of aromatic carboxylic acids is 1. The van der Waals surface area contributed by atoms with E-state index < -0.39 is 5.97 Å². The van der Waals surface area contributed by atoms with Gasteiger partial charge in [-0.15, -0.1) is 24.2 Å². The number of carbonyl (C=O) groups is 1. The van der Waals surface area contributed by atoms with E-state index in [2.05, 4.69) is 12.6 Å². The van der Waals surface area contributed by atoms with Gasteiger partial charge < -0.3 is 5.11 Å². The van der Waals surface area contributed by atoms with E-state index in [1.165, 1.54) is 6.07 Å². The zero-order valence-electron chi connectivity index (χ0n) is 6.99. The summed E-state index contributed by atoms with van der Waals surface area (Å²) in [5.41, 5.74) is 0.448. The molecule has 1 aromatic carbocycles. The van der Waals surface area contributed by atoms with Crippen molar-refractivity contribution in [2.24, 2.45) is 0 Å². The van der Waals surface area contributed by atoms with Crippen molar-refractivity contribution in [2.45, 2.75) is 10.8 Å². The van der Waals surface area contributed by atoms with E-state index in [0.717, 1.165) is 0 Å². The number of rotatable bonds is 2. The third kappa shape index (κ3) is 2.00. The van der Waals surface area contributed by atoms with E-state index in [-0.39, 0.29) is 17.0 Å². The number of carboxylic acids is 1. The summed E-state index contributed by atoms with van der Waals surface area (Å²) in [6.07, 6.45) is 0. The van der Waals surface area contributed by atoms with Gasteiger partial charge in [0.05, 0.1) is 11.1 Å². The molecule has 0 radical (unpaired) electrons. The van der Waals surface area contributed by atoms with Crippen LogP contribution in [0.2, 0.25) is 0 Å². The Morgan fingerprint density at radius 1 is 1.64 bits per heavy atom. The van der Waals surface area contributed by atoms with Crippen molar-refractivity contribution >= 4 is 30.2 Å². The summed E-state index contributed by atoms with van der Waals surface area (Å²) in [5, 5.41) is 17.6. The molecule has 5 heteroatoms. The highest BCUT2D eigenvalue weighted by Crippen LogP contribution is 2.21. The molecule has 0 spiro atoms. The summed E-state index contributed by atoms with van der Waals surface area (Å²) >= 11 is 9.62. The average molecular weight is 228 g/mol. The standard InChI is InChI=1S/C9H6ClNO2S/c10-3-5-1-7(14)2-6(4-11)8(5)9(12)13/h1-2,14H,3H2,(H,12,13). The van der Waals surface area contributed by atoms with Gasteiger partial charge in [-0.05, 0) is 17.7 Å². The Kier molecular flexibility index (Phi) is 3.39. The van der Waals surface area contributed by atoms with Crippen LogP contribution in [-0.4, -0.2) is 11.1 Å². The zero-order chi connectivity index (χ0) is 10.7. The minimum Gasteiger partial charge on any atom is -0.478 e. The molecule has 0 aliphatic carbocycles. The Hall–Kier alpha value is -1.18. The summed E-state index contributed by atoms with van der Waals surface area (Å²) in [7, 11) is 0. The highest BCUT2D eigenvalue weighted by molar-refractivity contribution is 7.80. The first-order chi connectivity index (χ1) is 6.60. The molecular weight excluding hydrogens is 222 g/mol. The normalized spacial score (nSPS) is 9.50. The first-order valence-electron chi connectivity index (χ1n) is 3.65. The highest BCUT2D eigenvalue weighted by atomic mass is 35.5. The number of benzene rings is 1. The minimum atomic E-state index is -1.15. The van der Waals surface area contributed by atoms with Crippen molar-refractivity contribution in [3.8, 4) is 6.07 Å². The van der Waals surface area contributed by atoms with E-state index in [9.17, 15) is 4.79 Å². The maximum Gasteiger partial charge on any atom is 0.337 e. The Bertz CT molecular complexity index is 426. The van der Waals surface area contributed by atoms with Gasteiger partial charge in [-0.1, -0.05) is 0 Å². The molecule has 0 aliphatic heterocycles. The SMILES string of the molecule is N#Cc1cc(S)cc(CCl)c1C(=O)O. The van der Waals surface area contributed by atoms with Gasteiger partial charge in [0.2, 0.25) is 0 Å². The molecule has 72 valence electrons. The number of hydrogen-bond acceptors (Lipinski definition) is 3. The number of carboxylic acid groups (broad SMARTS) is 1. The second-order valence-electron chi connectivity index (χ2n) is 2.58. The third-order valence-electron chi connectivity index (χ3n) is 1.68. The molecule has 0 saturated heterocycles. The fourth-order valence-electron chi connectivity index (χ4n) is 1.13. The van der Waals surface area contributed by atoms with Crippen LogP contribution < -0.4 is 0 Å². The van der Waals surface area contributed by atoms with Crippen molar-refractivity contribution in [3.63, 3.8) is 0 Å². The lowest BCUT2D eigenvalue weighted by Gasteiger charge is -2.05. The van der Waals surface area contributed by atoms with E-state index >= 15 is 0 Å². The van der Waals surface area contributed by atoms with Crippen molar-refractivity contribution < 1.29 is 9.90 Å². The second-order valence-corrected chi connectivity index (χ2v) is 3.36. The smallest absolute Gasteiger partial charge is 0.337 e. The molecule has 14 heavy (non-hydrogen) atoms. The zero-order valence-corrected chi connectivity index (χ0v) is 8.64. The molecule has 1 aromatic rings. The molecule has 1 rings (SSSR count). The number of nitriles is 1. The minimum absolute atomic E-state index is 0.0414. The molecule has 0 fully saturated rings. The predicted octanol–water partition coefficient (Wildman–Crippen LogP) is 2.28. The molecule has 0 amide bonds. The fourth-order valence-corrected chi connectivity index (χ4v) is 1.63. The maximum absolute atomic E-state index is 10.8. The van der Waals surface area contributed by atoms with Crippen molar-refractivity contribution in [3.05, 3.63) is 28.8 Å². The second kappa shape index (κ2) is 4.36. The van der Waals surface area contributed by atoms with Gasteiger partial charge >= 0.3 is 5.97 Å². The van der Waals surface area contributed by atoms with Gasteiger partial charge in [0.15, 0.2) is 0 Å². The van der Waals surface area contributed by atoms with Gasteiger partial charge in [-0.3, -0.25) is 0 Å². The summed E-state index contributed by atoms with van der Waals surface area (Å²) < 4.78 is 0. The molecule has 3 nitrogen and oxygen atoms in total. The van der Waals surface area contributed by atoms with E-state index in [1.807, 2.05) is 0 Å². The molecule has 0 bridgehead atoms. The number of nitrogens with zero attached hydrogens (tertiary/aromatic N) is 1. The van der Waals surface area contributed by atoms with Crippen molar-refractivity contribution in [1.82, 2.24) is 0 Å². The number of hydrogen-bond donors (Lipinski definition) is 2. The van der Waals surface area contributed by atoms with Crippen LogP contribution in [0.15, 0.2) is 17.0 Å². The molecule has 0 aliphatic rings. The van der Waals surface area contributed by atoms with E-state index in [0.29, 0.717) is 10.5 Å². The lowest BCUT2D eigenvalue weighted by molar-refractivity contribution is 0.0695. The van der Waals surface area contributed by atoms with Gasteiger partial charge in [-0.25, -0.2) is 4.79 Å². The van der Waals surface area contributed by atoms with Crippen LogP contribution in [0, 0.1) is 11.3 Å². The van der Waals surface area contributed by atoms with Gasteiger partial charge in [0, 0.05) is 10.8 Å². The lowest BCUT2D eigenvalue weighted by Crippen LogP contribution is -2.04. The summed E-state index contributed by atoms with van der Waals surface area (Å²) in [5.74, 6) is -1.10. The highest BCUT2D eigenvalue weighted by Gasteiger charge is 2.15. The van der Waals surface area contributed by atoms with Gasteiger partial charge in [0.25, 0.3) is 0 Å². The van der Waals surface area contributed by atoms with Crippen LogP contribution >= 0.6 is 24.2 Å². The largest absolute Gasteiger partial charge is 0.478 e. The van der Waals surface area contributed by atoms with Crippen LogP contribution in [0.1, 0.15) is 21.5 Å². The van der Waals surface area contributed by atoms with Crippen LogP contribution in [-0.2, 0) is 5.88 Å². The van der Waals surface area contributed by atoms with Crippen molar-refractivity contribution in [2.75, 3.05) is 0 Å². The summed E-state index contributed by atoms with van der Waals surface area (Å²) in [4.78, 5) is 11.4.